The van der Waals surface area contributed by atoms with Crippen LogP contribution in [0.25, 0.3) is 0 Å². The Morgan fingerprint density at radius 2 is 1.94 bits per heavy atom. The topological polar surface area (TPSA) is 38.5 Å². The Hall–Kier alpha value is -1.22. The van der Waals surface area contributed by atoms with E-state index in [1.54, 1.807) is 0 Å². The monoisotopic (exact) mass is 236 g/mol. The van der Waals surface area contributed by atoms with E-state index in [0.717, 1.165) is 31.0 Å². The molecule has 0 fully saturated rings. The standard InChI is InChI=1S/C14H24N2O/c1-4-12(2)16(3)10-5-11-17-14-8-6-13(15)7-9-14/h6-9,12H,4-5,10-11,15H2,1-3H3. The van der Waals surface area contributed by atoms with Crippen LogP contribution in [0.3, 0.4) is 0 Å². The zero-order valence-electron chi connectivity index (χ0n) is 11.1. The molecule has 0 heterocycles. The Morgan fingerprint density at radius 3 is 2.53 bits per heavy atom. The average molecular weight is 236 g/mol. The fourth-order valence-electron chi connectivity index (χ4n) is 1.60. The van der Waals surface area contributed by atoms with Gasteiger partial charge in [0.2, 0.25) is 0 Å². The summed E-state index contributed by atoms with van der Waals surface area (Å²) in [6.07, 6.45) is 2.24. The number of rotatable bonds is 7. The van der Waals surface area contributed by atoms with Crippen LogP contribution < -0.4 is 10.5 Å². The highest BCUT2D eigenvalue weighted by atomic mass is 16.5. The van der Waals surface area contributed by atoms with Gasteiger partial charge in [-0.3, -0.25) is 0 Å². The quantitative estimate of drug-likeness (QED) is 0.584. The van der Waals surface area contributed by atoms with Crippen molar-refractivity contribution in [2.24, 2.45) is 0 Å². The first-order valence-corrected chi connectivity index (χ1v) is 6.32. The predicted molar refractivity (Wildman–Crippen MR) is 73.3 cm³/mol. The lowest BCUT2D eigenvalue weighted by Crippen LogP contribution is -2.30. The van der Waals surface area contributed by atoms with Crippen molar-refractivity contribution < 1.29 is 4.74 Å². The van der Waals surface area contributed by atoms with Crippen molar-refractivity contribution in [3.63, 3.8) is 0 Å². The van der Waals surface area contributed by atoms with E-state index in [0.29, 0.717) is 6.04 Å². The van der Waals surface area contributed by atoms with E-state index in [-0.39, 0.29) is 0 Å². The number of hydrogen-bond donors (Lipinski definition) is 1. The number of ether oxygens (including phenoxy) is 1. The molecule has 3 heteroatoms. The minimum atomic E-state index is 0.645. The van der Waals surface area contributed by atoms with Crippen LogP contribution >= 0.6 is 0 Å². The lowest BCUT2D eigenvalue weighted by atomic mass is 10.2. The maximum Gasteiger partial charge on any atom is 0.119 e. The molecule has 0 saturated carbocycles. The third-order valence-corrected chi connectivity index (χ3v) is 3.15. The maximum atomic E-state index is 5.64. The van der Waals surface area contributed by atoms with Crippen LogP contribution in [-0.4, -0.2) is 31.1 Å². The number of benzene rings is 1. The number of nitrogen functional groups attached to an aromatic ring is 1. The van der Waals surface area contributed by atoms with Crippen LogP contribution in [0.4, 0.5) is 5.69 Å². The number of nitrogens with two attached hydrogens (primary N) is 1. The maximum absolute atomic E-state index is 5.64. The number of anilines is 1. The van der Waals surface area contributed by atoms with Crippen molar-refractivity contribution in [1.82, 2.24) is 4.90 Å². The molecule has 0 spiro atoms. The van der Waals surface area contributed by atoms with Crippen molar-refractivity contribution in [1.29, 1.82) is 0 Å². The first-order chi connectivity index (χ1) is 8.13. The largest absolute Gasteiger partial charge is 0.494 e. The molecule has 0 aliphatic rings. The van der Waals surface area contributed by atoms with Crippen LogP contribution in [0.5, 0.6) is 5.75 Å². The molecule has 0 bridgehead atoms. The molecule has 3 nitrogen and oxygen atoms in total. The molecule has 1 aromatic rings. The smallest absolute Gasteiger partial charge is 0.119 e. The van der Waals surface area contributed by atoms with Crippen molar-refractivity contribution in [2.45, 2.75) is 32.7 Å². The van der Waals surface area contributed by atoms with Gasteiger partial charge in [0, 0.05) is 18.3 Å². The highest BCUT2D eigenvalue weighted by molar-refractivity contribution is 5.41. The summed E-state index contributed by atoms with van der Waals surface area (Å²) in [6, 6.07) is 8.19. The third-order valence-electron chi connectivity index (χ3n) is 3.15. The molecular weight excluding hydrogens is 212 g/mol. The van der Waals surface area contributed by atoms with E-state index in [1.807, 2.05) is 24.3 Å². The molecule has 1 unspecified atom stereocenters. The summed E-state index contributed by atoms with van der Waals surface area (Å²) in [4.78, 5) is 2.37. The Balaban J connectivity index is 2.18. The van der Waals surface area contributed by atoms with E-state index in [4.69, 9.17) is 10.5 Å². The van der Waals surface area contributed by atoms with Gasteiger partial charge < -0.3 is 15.4 Å². The van der Waals surface area contributed by atoms with Gasteiger partial charge in [0.05, 0.1) is 6.61 Å². The lowest BCUT2D eigenvalue weighted by molar-refractivity contribution is 0.220. The zero-order chi connectivity index (χ0) is 12.7. The second-order valence-corrected chi connectivity index (χ2v) is 4.51. The molecule has 0 radical (unpaired) electrons. The Kier molecular flexibility index (Phi) is 5.84. The second kappa shape index (κ2) is 7.17. The molecule has 1 atom stereocenters. The second-order valence-electron chi connectivity index (χ2n) is 4.51. The summed E-state index contributed by atoms with van der Waals surface area (Å²) in [7, 11) is 2.16. The summed E-state index contributed by atoms with van der Waals surface area (Å²) in [5, 5.41) is 0. The third kappa shape index (κ3) is 5.09. The molecule has 0 amide bonds. The first kappa shape index (κ1) is 13.8. The summed E-state index contributed by atoms with van der Waals surface area (Å²) >= 11 is 0. The summed E-state index contributed by atoms with van der Waals surface area (Å²) in [5.74, 6) is 0.894. The van der Waals surface area contributed by atoms with Crippen molar-refractivity contribution in [2.75, 3.05) is 25.9 Å². The van der Waals surface area contributed by atoms with E-state index in [1.165, 1.54) is 6.42 Å². The molecule has 2 N–H and O–H groups in total. The van der Waals surface area contributed by atoms with Crippen LogP contribution in [0.15, 0.2) is 24.3 Å². The first-order valence-electron chi connectivity index (χ1n) is 6.32. The molecule has 0 saturated heterocycles. The minimum Gasteiger partial charge on any atom is -0.494 e. The van der Waals surface area contributed by atoms with Gasteiger partial charge in [-0.1, -0.05) is 6.92 Å². The average Bonchev–Trinajstić information content (AvgIpc) is 2.35. The molecule has 0 aromatic heterocycles. The van der Waals surface area contributed by atoms with E-state index in [9.17, 15) is 0 Å². The number of nitrogens with zero attached hydrogens (tertiary/aromatic N) is 1. The molecule has 17 heavy (non-hydrogen) atoms. The Morgan fingerprint density at radius 1 is 1.29 bits per heavy atom. The highest BCUT2D eigenvalue weighted by Gasteiger charge is 2.05. The summed E-state index contributed by atoms with van der Waals surface area (Å²) in [5.41, 5.74) is 6.38. The van der Waals surface area contributed by atoms with Gasteiger partial charge >= 0.3 is 0 Å². The molecule has 0 aliphatic heterocycles. The van der Waals surface area contributed by atoms with E-state index < -0.39 is 0 Å². The Labute approximate surface area is 105 Å². The molecule has 0 aliphatic carbocycles. The van der Waals surface area contributed by atoms with Crippen LogP contribution in [0, 0.1) is 0 Å². The van der Waals surface area contributed by atoms with Gasteiger partial charge in [0.15, 0.2) is 0 Å². The Bertz CT molecular complexity index is 311. The van der Waals surface area contributed by atoms with Gasteiger partial charge in [-0.15, -0.1) is 0 Å². The fourth-order valence-corrected chi connectivity index (χ4v) is 1.60. The van der Waals surface area contributed by atoms with Crippen LogP contribution in [0.1, 0.15) is 26.7 Å². The lowest BCUT2D eigenvalue weighted by Gasteiger charge is -2.23. The highest BCUT2D eigenvalue weighted by Crippen LogP contribution is 2.13. The minimum absolute atomic E-state index is 0.645. The van der Waals surface area contributed by atoms with Crippen LogP contribution in [0.2, 0.25) is 0 Å². The number of hydrogen-bond acceptors (Lipinski definition) is 3. The molecule has 1 aromatic carbocycles. The normalized spacial score (nSPS) is 12.7. The summed E-state index contributed by atoms with van der Waals surface area (Å²) < 4.78 is 5.64. The van der Waals surface area contributed by atoms with E-state index >= 15 is 0 Å². The molecular formula is C14H24N2O. The van der Waals surface area contributed by atoms with Crippen molar-refractivity contribution >= 4 is 5.69 Å². The van der Waals surface area contributed by atoms with Gasteiger partial charge in [0.1, 0.15) is 5.75 Å². The SMILES string of the molecule is CCC(C)N(C)CCCOc1ccc(N)cc1. The molecule has 96 valence electrons. The molecule has 1 rings (SSSR count). The van der Waals surface area contributed by atoms with Crippen LogP contribution in [-0.2, 0) is 0 Å². The van der Waals surface area contributed by atoms with Gasteiger partial charge in [-0.2, -0.15) is 0 Å². The van der Waals surface area contributed by atoms with E-state index in [2.05, 4.69) is 25.8 Å². The van der Waals surface area contributed by atoms with Gasteiger partial charge in [0.25, 0.3) is 0 Å². The zero-order valence-corrected chi connectivity index (χ0v) is 11.1. The van der Waals surface area contributed by atoms with Gasteiger partial charge in [-0.25, -0.2) is 0 Å². The fraction of sp³-hybridized carbons (Fsp3) is 0.571. The summed E-state index contributed by atoms with van der Waals surface area (Å²) in [6.45, 7) is 6.29. The van der Waals surface area contributed by atoms with Crippen molar-refractivity contribution in [3.8, 4) is 5.75 Å². The van der Waals surface area contributed by atoms with Crippen molar-refractivity contribution in [3.05, 3.63) is 24.3 Å². The predicted octanol–water partition coefficient (Wildman–Crippen LogP) is 2.77. The van der Waals surface area contributed by atoms with Gasteiger partial charge in [-0.05, 0) is 51.1 Å².